The Labute approximate surface area is 165 Å². The molecule has 0 amide bonds. The lowest BCUT2D eigenvalue weighted by Gasteiger charge is -2.06. The topological polar surface area (TPSA) is 66.8 Å². The number of aromatic nitrogens is 1. The fourth-order valence-corrected chi connectivity index (χ4v) is 2.85. The van der Waals surface area contributed by atoms with Crippen LogP contribution < -0.4 is 9.47 Å². The maximum Gasteiger partial charge on any atom is 0.331 e. The maximum absolute atomic E-state index is 12.4. The standard InChI is InChI=1S/C22H25NO5/c1-6-9-23-15(2)10-20(16(23)3)21(24)14-28-22(25)8-7-17-11-18(26-4)13-19(12-17)27-5/h6-8,10-13H,1,9,14H2,2-5H3/b8-7+. The van der Waals surface area contributed by atoms with Gasteiger partial charge in [-0.2, -0.15) is 0 Å². The van der Waals surface area contributed by atoms with Gasteiger partial charge in [0.2, 0.25) is 5.78 Å². The number of hydrogen-bond acceptors (Lipinski definition) is 5. The number of esters is 1. The van der Waals surface area contributed by atoms with Gasteiger partial charge in [-0.15, -0.1) is 6.58 Å². The molecule has 0 aliphatic carbocycles. The van der Waals surface area contributed by atoms with Crippen molar-refractivity contribution in [3.8, 4) is 11.5 Å². The van der Waals surface area contributed by atoms with E-state index in [1.807, 2.05) is 18.4 Å². The van der Waals surface area contributed by atoms with Crippen molar-refractivity contribution in [3.05, 3.63) is 65.5 Å². The molecule has 0 bridgehead atoms. The molecule has 1 aromatic heterocycles. The second kappa shape index (κ2) is 9.60. The van der Waals surface area contributed by atoms with Gasteiger partial charge in [-0.1, -0.05) is 6.08 Å². The van der Waals surface area contributed by atoms with Crippen molar-refractivity contribution in [1.82, 2.24) is 4.57 Å². The van der Waals surface area contributed by atoms with Crippen LogP contribution in [0.4, 0.5) is 0 Å². The molecule has 0 saturated heterocycles. The van der Waals surface area contributed by atoms with E-state index in [1.54, 1.807) is 50.6 Å². The average Bonchev–Trinajstić information content (AvgIpc) is 2.98. The van der Waals surface area contributed by atoms with Crippen LogP contribution in [0.3, 0.4) is 0 Å². The number of carbonyl (C=O) groups excluding carboxylic acids is 2. The van der Waals surface area contributed by atoms with E-state index in [0.29, 0.717) is 29.2 Å². The summed E-state index contributed by atoms with van der Waals surface area (Å²) < 4.78 is 17.5. The Morgan fingerprint density at radius 3 is 2.29 bits per heavy atom. The van der Waals surface area contributed by atoms with Gasteiger partial charge in [0.15, 0.2) is 6.61 Å². The van der Waals surface area contributed by atoms with Crippen LogP contribution in [0, 0.1) is 13.8 Å². The fourth-order valence-electron chi connectivity index (χ4n) is 2.85. The Bertz CT molecular complexity index is 886. The molecule has 0 aliphatic rings. The molecule has 1 aromatic carbocycles. The lowest BCUT2D eigenvalue weighted by atomic mass is 10.1. The smallest absolute Gasteiger partial charge is 0.331 e. The van der Waals surface area contributed by atoms with E-state index >= 15 is 0 Å². The van der Waals surface area contributed by atoms with Crippen LogP contribution in [0.1, 0.15) is 27.3 Å². The van der Waals surface area contributed by atoms with Crippen LogP contribution >= 0.6 is 0 Å². The molecule has 1 heterocycles. The molecule has 0 fully saturated rings. The Hall–Kier alpha value is -3.28. The third-order valence-electron chi connectivity index (χ3n) is 4.32. The lowest BCUT2D eigenvalue weighted by molar-refractivity contribution is -0.136. The first kappa shape index (κ1) is 21.0. The average molecular weight is 383 g/mol. The molecule has 0 radical (unpaired) electrons. The highest BCUT2D eigenvalue weighted by Crippen LogP contribution is 2.23. The fraction of sp³-hybridized carbons (Fsp3) is 0.273. The summed E-state index contributed by atoms with van der Waals surface area (Å²) in [5, 5.41) is 0. The Balaban J connectivity index is 2.01. The van der Waals surface area contributed by atoms with Gasteiger partial charge in [0, 0.05) is 35.6 Å². The minimum atomic E-state index is -0.602. The summed E-state index contributed by atoms with van der Waals surface area (Å²) in [5.74, 6) is 0.373. The number of rotatable bonds is 9. The van der Waals surface area contributed by atoms with E-state index in [2.05, 4.69) is 6.58 Å². The van der Waals surface area contributed by atoms with Crippen molar-refractivity contribution >= 4 is 17.8 Å². The summed E-state index contributed by atoms with van der Waals surface area (Å²) in [4.78, 5) is 24.4. The number of aryl methyl sites for hydroxylation is 1. The predicted octanol–water partition coefficient (Wildman–Crippen LogP) is 3.75. The molecule has 0 N–H and O–H groups in total. The molecule has 2 aromatic rings. The number of ketones is 1. The zero-order valence-electron chi connectivity index (χ0n) is 16.7. The Morgan fingerprint density at radius 1 is 1.07 bits per heavy atom. The molecule has 148 valence electrons. The summed E-state index contributed by atoms with van der Waals surface area (Å²) in [5.41, 5.74) is 3.05. The summed E-state index contributed by atoms with van der Waals surface area (Å²) in [6.07, 6.45) is 4.61. The molecule has 0 spiro atoms. The Kier molecular flexibility index (Phi) is 7.21. The molecule has 2 rings (SSSR count). The molecule has 0 saturated carbocycles. The van der Waals surface area contributed by atoms with Crippen molar-refractivity contribution in [2.45, 2.75) is 20.4 Å². The van der Waals surface area contributed by atoms with E-state index < -0.39 is 5.97 Å². The maximum atomic E-state index is 12.4. The normalized spacial score (nSPS) is 10.7. The third-order valence-corrected chi connectivity index (χ3v) is 4.32. The van der Waals surface area contributed by atoms with Crippen molar-refractivity contribution < 1.29 is 23.8 Å². The minimum absolute atomic E-state index is 0.242. The molecular weight excluding hydrogens is 358 g/mol. The Morgan fingerprint density at radius 2 is 1.71 bits per heavy atom. The molecule has 6 nitrogen and oxygen atoms in total. The first-order chi connectivity index (χ1) is 13.4. The van der Waals surface area contributed by atoms with Crippen LogP contribution in [0.5, 0.6) is 11.5 Å². The number of allylic oxidation sites excluding steroid dienone is 1. The predicted molar refractivity (Wildman–Crippen MR) is 108 cm³/mol. The van der Waals surface area contributed by atoms with Crippen LogP contribution in [-0.4, -0.2) is 37.1 Å². The minimum Gasteiger partial charge on any atom is -0.497 e. The summed E-state index contributed by atoms with van der Waals surface area (Å²) >= 11 is 0. The van der Waals surface area contributed by atoms with Crippen molar-refractivity contribution in [2.24, 2.45) is 0 Å². The number of ether oxygens (including phenoxy) is 3. The molecule has 6 heteroatoms. The number of benzene rings is 1. The van der Waals surface area contributed by atoms with Crippen LogP contribution in [-0.2, 0) is 16.1 Å². The SMILES string of the molecule is C=CCn1c(C)cc(C(=O)COC(=O)/C=C/c2cc(OC)cc(OC)c2)c1C. The molecule has 0 aliphatic heterocycles. The van der Waals surface area contributed by atoms with Gasteiger partial charge in [0.25, 0.3) is 0 Å². The van der Waals surface area contributed by atoms with E-state index in [1.165, 1.54) is 6.08 Å². The van der Waals surface area contributed by atoms with Gasteiger partial charge in [0.05, 0.1) is 14.2 Å². The zero-order chi connectivity index (χ0) is 20.7. The number of Topliss-reactive ketones (excluding diaryl/α,β-unsaturated/α-hetero) is 1. The van der Waals surface area contributed by atoms with Crippen LogP contribution in [0.2, 0.25) is 0 Å². The number of hydrogen-bond donors (Lipinski definition) is 0. The van der Waals surface area contributed by atoms with Gasteiger partial charge in [0.1, 0.15) is 11.5 Å². The molecule has 0 atom stereocenters. The summed E-state index contributed by atoms with van der Waals surface area (Å²) in [6, 6.07) is 7.04. The van der Waals surface area contributed by atoms with Crippen molar-refractivity contribution in [1.29, 1.82) is 0 Å². The summed E-state index contributed by atoms with van der Waals surface area (Å²) in [6.45, 7) is 7.81. The van der Waals surface area contributed by atoms with Gasteiger partial charge in [-0.05, 0) is 43.7 Å². The zero-order valence-corrected chi connectivity index (χ0v) is 16.7. The second-order valence-corrected chi connectivity index (χ2v) is 6.19. The van der Waals surface area contributed by atoms with Crippen molar-refractivity contribution in [2.75, 3.05) is 20.8 Å². The third kappa shape index (κ3) is 5.13. The highest BCUT2D eigenvalue weighted by Gasteiger charge is 2.16. The quantitative estimate of drug-likeness (QED) is 0.286. The number of carbonyl (C=O) groups is 2. The van der Waals surface area contributed by atoms with E-state index in [4.69, 9.17) is 14.2 Å². The molecule has 28 heavy (non-hydrogen) atoms. The summed E-state index contributed by atoms with van der Waals surface area (Å²) in [7, 11) is 3.10. The second-order valence-electron chi connectivity index (χ2n) is 6.19. The monoisotopic (exact) mass is 383 g/mol. The van der Waals surface area contributed by atoms with E-state index in [-0.39, 0.29) is 12.4 Å². The van der Waals surface area contributed by atoms with Gasteiger partial charge >= 0.3 is 5.97 Å². The first-order valence-electron chi connectivity index (χ1n) is 8.78. The first-order valence-corrected chi connectivity index (χ1v) is 8.78. The highest BCUT2D eigenvalue weighted by molar-refractivity contribution is 6.00. The van der Waals surface area contributed by atoms with Gasteiger partial charge in [-0.3, -0.25) is 4.79 Å². The van der Waals surface area contributed by atoms with Crippen LogP contribution in [0.15, 0.2) is 43.0 Å². The van der Waals surface area contributed by atoms with E-state index in [0.717, 1.165) is 11.4 Å². The number of methoxy groups -OCH3 is 2. The van der Waals surface area contributed by atoms with Gasteiger partial charge < -0.3 is 18.8 Å². The highest BCUT2D eigenvalue weighted by atomic mass is 16.5. The number of nitrogens with zero attached hydrogens (tertiary/aromatic N) is 1. The van der Waals surface area contributed by atoms with E-state index in [9.17, 15) is 9.59 Å². The molecule has 0 unspecified atom stereocenters. The van der Waals surface area contributed by atoms with Crippen LogP contribution in [0.25, 0.3) is 6.08 Å². The van der Waals surface area contributed by atoms with Gasteiger partial charge in [-0.25, -0.2) is 4.79 Å². The lowest BCUT2D eigenvalue weighted by Crippen LogP contribution is -2.13. The van der Waals surface area contributed by atoms with Crippen molar-refractivity contribution in [3.63, 3.8) is 0 Å². The molecular formula is C22H25NO5. The largest absolute Gasteiger partial charge is 0.497 e.